The topological polar surface area (TPSA) is 40.1 Å². The van der Waals surface area contributed by atoms with Gasteiger partial charge in [-0.3, -0.25) is 0 Å². The van der Waals surface area contributed by atoms with E-state index in [1.165, 1.54) is 16.3 Å². The number of hydrogen-bond donors (Lipinski definition) is 0. The summed E-state index contributed by atoms with van der Waals surface area (Å²) in [6.07, 6.45) is 5.15. The van der Waals surface area contributed by atoms with Gasteiger partial charge in [0.1, 0.15) is 0 Å². The van der Waals surface area contributed by atoms with Crippen molar-refractivity contribution in [3.8, 4) is 0 Å². The molecule has 0 atom stereocenters. The van der Waals surface area contributed by atoms with E-state index in [4.69, 9.17) is 0 Å². The average Bonchev–Trinajstić information content (AvgIpc) is 2.42. The van der Waals surface area contributed by atoms with Crippen LogP contribution in [0.5, 0.6) is 0 Å². The Labute approximate surface area is 142 Å². The van der Waals surface area contributed by atoms with Crippen LogP contribution in [0.25, 0.3) is 10.8 Å². The van der Waals surface area contributed by atoms with Crippen LogP contribution in [-0.4, -0.2) is 5.97 Å². The van der Waals surface area contributed by atoms with Gasteiger partial charge >= 0.3 is 29.6 Å². The molecule has 0 N–H and O–H groups in total. The van der Waals surface area contributed by atoms with E-state index in [1.807, 2.05) is 0 Å². The van der Waals surface area contributed by atoms with Crippen LogP contribution in [0.15, 0.2) is 42.5 Å². The fraction of sp³-hybridized carbons (Fsp3) is 0.353. The van der Waals surface area contributed by atoms with Gasteiger partial charge in [-0.1, -0.05) is 55.3 Å². The Morgan fingerprint density at radius 1 is 0.900 bits per heavy atom. The molecule has 0 amide bonds. The molecule has 0 saturated heterocycles. The van der Waals surface area contributed by atoms with Crippen molar-refractivity contribution in [3.63, 3.8) is 0 Å². The molecule has 0 bridgehead atoms. The molecule has 0 aliphatic rings. The van der Waals surface area contributed by atoms with E-state index in [0.717, 1.165) is 32.1 Å². The molecule has 20 heavy (non-hydrogen) atoms. The van der Waals surface area contributed by atoms with Gasteiger partial charge in [0.15, 0.2) is 0 Å². The molecule has 0 heterocycles. The van der Waals surface area contributed by atoms with Crippen molar-refractivity contribution in [2.45, 2.75) is 38.5 Å². The number of aryl methyl sites for hydroxylation is 1. The first kappa shape index (κ1) is 17.2. The first-order chi connectivity index (χ1) is 9.27. The quantitative estimate of drug-likeness (QED) is 0.532. The number of carbonyl (C=O) groups excluding carboxylic acids is 1. The van der Waals surface area contributed by atoms with Gasteiger partial charge < -0.3 is 9.90 Å². The Balaban J connectivity index is 0.00000200. The molecule has 2 aromatic rings. The maximum atomic E-state index is 10.3. The van der Waals surface area contributed by atoms with Gasteiger partial charge in [0, 0.05) is 5.97 Å². The van der Waals surface area contributed by atoms with Crippen molar-refractivity contribution in [1.82, 2.24) is 0 Å². The van der Waals surface area contributed by atoms with Crippen LogP contribution in [0.4, 0.5) is 0 Å². The van der Waals surface area contributed by atoms with E-state index in [9.17, 15) is 9.90 Å². The molecule has 0 aliphatic heterocycles. The van der Waals surface area contributed by atoms with Gasteiger partial charge in [-0.25, -0.2) is 0 Å². The number of benzene rings is 2. The summed E-state index contributed by atoms with van der Waals surface area (Å²) in [7, 11) is 0. The maximum Gasteiger partial charge on any atom is 1.00 e. The van der Waals surface area contributed by atoms with Crippen LogP contribution in [0.1, 0.15) is 37.7 Å². The molecule has 0 radical (unpaired) electrons. The van der Waals surface area contributed by atoms with E-state index in [1.54, 1.807) is 0 Å². The number of carboxylic acids is 1. The summed E-state index contributed by atoms with van der Waals surface area (Å²) in [6, 6.07) is 14.9. The first-order valence-electron chi connectivity index (χ1n) is 6.94. The van der Waals surface area contributed by atoms with Crippen LogP contribution < -0.4 is 34.7 Å². The Kier molecular flexibility index (Phi) is 7.90. The molecule has 100 valence electrons. The second-order valence-corrected chi connectivity index (χ2v) is 4.92. The zero-order valence-corrected chi connectivity index (χ0v) is 14.1. The van der Waals surface area contributed by atoms with Crippen LogP contribution in [-0.2, 0) is 11.2 Å². The number of carboxylic acid groups (broad SMARTS) is 1. The van der Waals surface area contributed by atoms with Crippen molar-refractivity contribution in [2.75, 3.05) is 0 Å². The standard InChI is InChI=1S/C17H20O2.Na/c18-17(19)13-4-2-1-3-8-14-10-7-11-15-9-5-6-12-16(14)15;/h5-7,9-12H,1-4,8,13H2,(H,18,19);/q;+1/p-1. The van der Waals surface area contributed by atoms with Gasteiger partial charge in [0.25, 0.3) is 0 Å². The summed E-state index contributed by atoms with van der Waals surface area (Å²) in [5.74, 6) is -0.936. The number of hydrogen-bond acceptors (Lipinski definition) is 2. The van der Waals surface area contributed by atoms with Gasteiger partial charge in [-0.05, 0) is 42.0 Å². The van der Waals surface area contributed by atoms with Gasteiger partial charge in [0.2, 0.25) is 0 Å². The smallest absolute Gasteiger partial charge is 0.550 e. The Bertz CT molecular complexity index is 546. The number of carbonyl (C=O) groups is 1. The van der Waals surface area contributed by atoms with Crippen LogP contribution in [0.2, 0.25) is 0 Å². The third-order valence-electron chi connectivity index (χ3n) is 3.46. The van der Waals surface area contributed by atoms with E-state index >= 15 is 0 Å². The Morgan fingerprint density at radius 2 is 1.60 bits per heavy atom. The fourth-order valence-electron chi connectivity index (χ4n) is 2.45. The minimum absolute atomic E-state index is 0. The molecule has 2 rings (SSSR count). The Morgan fingerprint density at radius 3 is 2.40 bits per heavy atom. The molecule has 0 unspecified atom stereocenters. The molecule has 0 saturated carbocycles. The van der Waals surface area contributed by atoms with Crippen molar-refractivity contribution >= 4 is 16.7 Å². The fourth-order valence-corrected chi connectivity index (χ4v) is 2.45. The summed E-state index contributed by atoms with van der Waals surface area (Å²) < 4.78 is 0. The molecule has 0 aliphatic carbocycles. The zero-order chi connectivity index (χ0) is 13.5. The monoisotopic (exact) mass is 278 g/mol. The largest absolute Gasteiger partial charge is 1.00 e. The van der Waals surface area contributed by atoms with Crippen molar-refractivity contribution in [1.29, 1.82) is 0 Å². The number of aliphatic carboxylic acids is 1. The minimum Gasteiger partial charge on any atom is -0.550 e. The first-order valence-corrected chi connectivity index (χ1v) is 6.94. The van der Waals surface area contributed by atoms with E-state index in [-0.39, 0.29) is 36.0 Å². The zero-order valence-electron chi connectivity index (χ0n) is 12.1. The normalized spacial score (nSPS) is 10.2. The molecule has 3 heteroatoms. The summed E-state index contributed by atoms with van der Waals surface area (Å²) >= 11 is 0. The van der Waals surface area contributed by atoms with Crippen LogP contribution in [0, 0.1) is 0 Å². The number of fused-ring (bicyclic) bond motifs is 1. The van der Waals surface area contributed by atoms with Crippen molar-refractivity contribution in [3.05, 3.63) is 48.0 Å². The summed E-state index contributed by atoms with van der Waals surface area (Å²) in [5.41, 5.74) is 1.39. The Hall–Kier alpha value is -0.830. The number of rotatable bonds is 7. The van der Waals surface area contributed by atoms with Crippen LogP contribution in [0.3, 0.4) is 0 Å². The molecular weight excluding hydrogens is 259 g/mol. The summed E-state index contributed by atoms with van der Waals surface area (Å²) in [4.78, 5) is 10.3. The second-order valence-electron chi connectivity index (χ2n) is 4.92. The van der Waals surface area contributed by atoms with E-state index in [2.05, 4.69) is 42.5 Å². The van der Waals surface area contributed by atoms with Crippen molar-refractivity contribution < 1.29 is 39.5 Å². The SMILES string of the molecule is O=C([O-])CCCCCCc1cccc2ccccc12.[Na+]. The number of unbranched alkanes of at least 4 members (excludes halogenated alkanes) is 3. The maximum absolute atomic E-state index is 10.3. The molecule has 0 spiro atoms. The third-order valence-corrected chi connectivity index (χ3v) is 3.46. The summed E-state index contributed by atoms with van der Waals surface area (Å²) in [6.45, 7) is 0. The molecule has 0 fully saturated rings. The molecular formula is C17H19NaO2. The van der Waals surface area contributed by atoms with Gasteiger partial charge in [-0.2, -0.15) is 0 Å². The van der Waals surface area contributed by atoms with Crippen LogP contribution >= 0.6 is 0 Å². The third kappa shape index (κ3) is 5.28. The van der Waals surface area contributed by atoms with Crippen molar-refractivity contribution in [2.24, 2.45) is 0 Å². The molecule has 0 aromatic heterocycles. The average molecular weight is 278 g/mol. The van der Waals surface area contributed by atoms with Gasteiger partial charge in [0.05, 0.1) is 0 Å². The summed E-state index contributed by atoms with van der Waals surface area (Å²) in [5, 5.41) is 12.9. The van der Waals surface area contributed by atoms with Gasteiger partial charge in [-0.15, -0.1) is 0 Å². The van der Waals surface area contributed by atoms with E-state index in [0.29, 0.717) is 0 Å². The predicted octanol–water partition coefficient (Wildman–Crippen LogP) is 0.0867. The van der Waals surface area contributed by atoms with E-state index < -0.39 is 5.97 Å². The molecule has 2 nitrogen and oxygen atoms in total. The molecule has 2 aromatic carbocycles. The second kappa shape index (κ2) is 9.17. The minimum atomic E-state index is -0.936. The predicted molar refractivity (Wildman–Crippen MR) is 75.7 cm³/mol.